The number of nitrogens with zero attached hydrogens (tertiary/aromatic N) is 4. The van der Waals surface area contributed by atoms with Crippen LogP contribution >= 0.6 is 0 Å². The quantitative estimate of drug-likeness (QED) is 0.589. The Morgan fingerprint density at radius 3 is 2.42 bits per heavy atom. The van der Waals surface area contributed by atoms with Crippen molar-refractivity contribution in [3.05, 3.63) is 71.9 Å². The normalized spacial score (nSPS) is 21.2. The van der Waals surface area contributed by atoms with Crippen molar-refractivity contribution in [1.82, 2.24) is 25.1 Å². The number of hydrogen-bond acceptors (Lipinski definition) is 6. The summed E-state index contributed by atoms with van der Waals surface area (Å²) in [6, 6.07) is 18.5. The largest absolute Gasteiger partial charge is 0.351 e. The summed E-state index contributed by atoms with van der Waals surface area (Å²) in [5, 5.41) is 6.37. The Morgan fingerprint density at radius 1 is 0.839 bits per heavy atom. The number of amides is 1. The van der Waals surface area contributed by atoms with Crippen LogP contribution in [0.2, 0.25) is 0 Å². The molecule has 0 saturated carbocycles. The molecule has 7 rings (SSSR count). The van der Waals surface area contributed by atoms with Crippen molar-refractivity contribution in [3.63, 3.8) is 0 Å². The molecule has 0 unspecified atom stereocenters. The van der Waals surface area contributed by atoms with Crippen LogP contribution in [0.4, 0.5) is 11.6 Å². The Labute approximate surface area is 182 Å². The molecule has 7 nitrogen and oxygen atoms in total. The van der Waals surface area contributed by atoms with E-state index in [0.29, 0.717) is 19.0 Å². The summed E-state index contributed by atoms with van der Waals surface area (Å²) >= 11 is 0. The highest BCUT2D eigenvalue weighted by molar-refractivity contribution is 5.78. The molecule has 4 aliphatic heterocycles. The van der Waals surface area contributed by atoms with Crippen molar-refractivity contribution in [2.24, 2.45) is 0 Å². The third kappa shape index (κ3) is 4.90. The van der Waals surface area contributed by atoms with Crippen molar-refractivity contribution in [2.45, 2.75) is 13.1 Å². The molecule has 4 aliphatic rings. The number of aromatic nitrogens is 2. The monoisotopic (exact) mass is 414 g/mol. The van der Waals surface area contributed by atoms with Gasteiger partial charge in [0.15, 0.2) is 0 Å². The minimum absolute atomic E-state index is 0.0670. The zero-order valence-electron chi connectivity index (χ0n) is 17.4. The molecule has 2 N–H and O–H groups in total. The summed E-state index contributed by atoms with van der Waals surface area (Å²) in [5.41, 5.74) is 5.13. The number of carbonyl (C=O) groups is 1. The summed E-state index contributed by atoms with van der Waals surface area (Å²) in [4.78, 5) is 26.2. The number of anilines is 2. The van der Waals surface area contributed by atoms with E-state index in [0.717, 1.165) is 55.2 Å². The first kappa shape index (κ1) is 19.7. The van der Waals surface area contributed by atoms with Gasteiger partial charge < -0.3 is 10.6 Å². The third-order valence-electron chi connectivity index (χ3n) is 5.82. The zero-order chi connectivity index (χ0) is 21.0. The van der Waals surface area contributed by atoms with E-state index in [1.807, 2.05) is 24.3 Å². The van der Waals surface area contributed by atoms with Crippen LogP contribution < -0.4 is 10.6 Å². The minimum Gasteiger partial charge on any atom is -0.351 e. The van der Waals surface area contributed by atoms with Crippen LogP contribution in [-0.2, 0) is 17.9 Å². The van der Waals surface area contributed by atoms with E-state index >= 15 is 0 Å². The first-order chi connectivity index (χ1) is 15.2. The molecule has 7 heteroatoms. The van der Waals surface area contributed by atoms with Gasteiger partial charge in [0.2, 0.25) is 11.9 Å². The number of piperazine rings is 1. The molecule has 1 saturated heterocycles. The average Bonchev–Trinajstić information content (AvgIpc) is 2.80. The van der Waals surface area contributed by atoms with Gasteiger partial charge in [-0.05, 0) is 35.4 Å². The van der Waals surface area contributed by atoms with Gasteiger partial charge in [0, 0.05) is 56.7 Å². The van der Waals surface area contributed by atoms with Gasteiger partial charge >= 0.3 is 0 Å². The molecule has 158 valence electrons. The number of carbonyl (C=O) groups excluding carboxylic acids is 1. The molecule has 0 radical (unpaired) electrons. The fourth-order valence-electron chi connectivity index (χ4n) is 4.07. The molecule has 8 bridgehead atoms. The average molecular weight is 415 g/mol. The predicted octanol–water partition coefficient (Wildman–Crippen LogP) is 2.63. The lowest BCUT2D eigenvalue weighted by atomic mass is 10.1. The van der Waals surface area contributed by atoms with Crippen LogP contribution in [0.3, 0.4) is 0 Å². The first-order valence-corrected chi connectivity index (χ1v) is 10.7. The van der Waals surface area contributed by atoms with Crippen LogP contribution in [0, 0.1) is 0 Å². The van der Waals surface area contributed by atoms with Crippen molar-refractivity contribution < 1.29 is 4.79 Å². The second kappa shape index (κ2) is 8.83. The summed E-state index contributed by atoms with van der Waals surface area (Å²) in [7, 11) is 0. The van der Waals surface area contributed by atoms with E-state index in [1.165, 1.54) is 5.56 Å². The van der Waals surface area contributed by atoms with Gasteiger partial charge in [-0.3, -0.25) is 14.6 Å². The molecule has 0 aliphatic carbocycles. The molecule has 5 heterocycles. The van der Waals surface area contributed by atoms with E-state index in [-0.39, 0.29) is 5.91 Å². The lowest BCUT2D eigenvalue weighted by Crippen LogP contribution is -2.49. The third-order valence-corrected chi connectivity index (χ3v) is 5.82. The number of rotatable bonds is 0. The van der Waals surface area contributed by atoms with Gasteiger partial charge in [-0.1, -0.05) is 30.3 Å². The SMILES string of the molecule is O=C1CN2CCN(CC2)Cc2ccc(cc2)Nc2nccc(n2)-c2cccc(c2)CN1. The molecule has 1 fully saturated rings. The van der Waals surface area contributed by atoms with Gasteiger partial charge in [-0.25, -0.2) is 9.97 Å². The maximum Gasteiger partial charge on any atom is 0.234 e. The molecule has 31 heavy (non-hydrogen) atoms. The van der Waals surface area contributed by atoms with Crippen LogP contribution in [0.1, 0.15) is 11.1 Å². The minimum atomic E-state index is 0.0670. The van der Waals surface area contributed by atoms with E-state index in [1.54, 1.807) is 6.20 Å². The van der Waals surface area contributed by atoms with Gasteiger partial charge in [0.05, 0.1) is 12.2 Å². The van der Waals surface area contributed by atoms with Gasteiger partial charge in [-0.2, -0.15) is 0 Å². The predicted molar refractivity (Wildman–Crippen MR) is 121 cm³/mol. The van der Waals surface area contributed by atoms with Gasteiger partial charge in [-0.15, -0.1) is 0 Å². The van der Waals surface area contributed by atoms with E-state index in [4.69, 9.17) is 0 Å². The van der Waals surface area contributed by atoms with E-state index < -0.39 is 0 Å². The van der Waals surface area contributed by atoms with Crippen molar-refractivity contribution in [1.29, 1.82) is 0 Å². The molecule has 0 spiro atoms. The number of hydrogen-bond donors (Lipinski definition) is 2. The smallest absolute Gasteiger partial charge is 0.234 e. The lowest BCUT2D eigenvalue weighted by molar-refractivity contribution is -0.122. The Balaban J connectivity index is 1.44. The summed E-state index contributed by atoms with van der Waals surface area (Å²) < 4.78 is 0. The highest BCUT2D eigenvalue weighted by Gasteiger charge is 2.19. The standard InChI is InChI=1S/C24H26N6O/c31-23-17-30-12-10-29(11-13-30)16-18-4-6-21(7-5-18)27-24-25-9-8-22(28-24)20-3-1-2-19(14-20)15-26-23/h1-9,14H,10-13,15-17H2,(H,26,31)(H,25,27,28). The molecule has 2 aromatic carbocycles. The van der Waals surface area contributed by atoms with Crippen LogP contribution in [0.5, 0.6) is 0 Å². The topological polar surface area (TPSA) is 73.4 Å². The van der Waals surface area contributed by atoms with Gasteiger partial charge in [0.1, 0.15) is 0 Å². The van der Waals surface area contributed by atoms with E-state index in [2.05, 4.69) is 60.7 Å². The highest BCUT2D eigenvalue weighted by Crippen LogP contribution is 2.21. The highest BCUT2D eigenvalue weighted by atomic mass is 16.2. The summed E-state index contributed by atoms with van der Waals surface area (Å²) in [6.07, 6.45) is 1.76. The summed E-state index contributed by atoms with van der Waals surface area (Å²) in [6.45, 7) is 5.63. The number of fused-ring (bicyclic) bond motifs is 2. The molecular formula is C24H26N6O. The molecule has 1 amide bonds. The number of nitrogens with one attached hydrogen (secondary N) is 2. The molecule has 0 atom stereocenters. The van der Waals surface area contributed by atoms with Crippen LogP contribution in [0.15, 0.2) is 60.8 Å². The van der Waals surface area contributed by atoms with Crippen molar-refractivity contribution in [3.8, 4) is 11.3 Å². The molecular weight excluding hydrogens is 388 g/mol. The second-order valence-electron chi connectivity index (χ2n) is 8.12. The molecule has 1 aromatic heterocycles. The Morgan fingerprint density at radius 2 is 1.61 bits per heavy atom. The van der Waals surface area contributed by atoms with Gasteiger partial charge in [0.25, 0.3) is 0 Å². The van der Waals surface area contributed by atoms with Crippen LogP contribution in [0.25, 0.3) is 11.3 Å². The zero-order valence-corrected chi connectivity index (χ0v) is 17.4. The Hall–Kier alpha value is -3.29. The number of benzene rings is 2. The maximum absolute atomic E-state index is 12.5. The fourth-order valence-corrected chi connectivity index (χ4v) is 4.07. The second-order valence-corrected chi connectivity index (χ2v) is 8.12. The first-order valence-electron chi connectivity index (χ1n) is 10.7. The lowest BCUT2D eigenvalue weighted by Gasteiger charge is -2.34. The van der Waals surface area contributed by atoms with Crippen molar-refractivity contribution >= 4 is 17.5 Å². The Bertz CT molecular complexity index is 1060. The van der Waals surface area contributed by atoms with Crippen molar-refractivity contribution in [2.75, 3.05) is 38.0 Å². The fraction of sp³-hybridized carbons (Fsp3) is 0.292. The summed E-state index contributed by atoms with van der Waals surface area (Å²) in [5.74, 6) is 0.631. The maximum atomic E-state index is 12.5. The van der Waals surface area contributed by atoms with Crippen LogP contribution in [-0.4, -0.2) is 58.4 Å². The van der Waals surface area contributed by atoms with E-state index in [9.17, 15) is 4.79 Å². The molecule has 3 aromatic rings. The Kier molecular flexibility index (Phi) is 5.60.